The van der Waals surface area contributed by atoms with Crippen LogP contribution in [0.5, 0.6) is 0 Å². The van der Waals surface area contributed by atoms with Crippen LogP contribution in [0.1, 0.15) is 41.2 Å². The molecule has 0 radical (unpaired) electrons. The molecular weight excluding hydrogens is 282 g/mol. The Morgan fingerprint density at radius 2 is 2.00 bits per heavy atom. The minimum absolute atomic E-state index is 0.0974. The summed E-state index contributed by atoms with van der Waals surface area (Å²) in [6, 6.07) is 10.3. The van der Waals surface area contributed by atoms with Crippen LogP contribution < -0.4 is 11.1 Å². The van der Waals surface area contributed by atoms with E-state index in [-0.39, 0.29) is 11.4 Å². The SMILES string of the molecule is Cc1nc(N)sc1C(=O)NC(C)(C)CCc1ccccc1. The molecule has 0 unspecified atom stereocenters. The predicted molar refractivity (Wildman–Crippen MR) is 87.6 cm³/mol. The van der Waals surface area contributed by atoms with Crippen LogP contribution in [-0.4, -0.2) is 16.4 Å². The van der Waals surface area contributed by atoms with Crippen LogP contribution in [0.3, 0.4) is 0 Å². The molecule has 1 aromatic carbocycles. The molecule has 2 rings (SSSR count). The van der Waals surface area contributed by atoms with E-state index in [4.69, 9.17) is 5.73 Å². The van der Waals surface area contributed by atoms with Crippen molar-refractivity contribution in [2.75, 3.05) is 5.73 Å². The zero-order chi connectivity index (χ0) is 15.5. The predicted octanol–water partition coefficient (Wildman–Crippen LogP) is 3.17. The summed E-state index contributed by atoms with van der Waals surface area (Å²) in [7, 11) is 0. The normalized spacial score (nSPS) is 11.4. The first-order chi connectivity index (χ1) is 9.87. The molecule has 0 saturated carbocycles. The van der Waals surface area contributed by atoms with Crippen LogP contribution in [-0.2, 0) is 6.42 Å². The van der Waals surface area contributed by atoms with Gasteiger partial charge in [-0.2, -0.15) is 0 Å². The molecule has 0 aliphatic carbocycles. The number of nitrogens with zero attached hydrogens (tertiary/aromatic N) is 1. The van der Waals surface area contributed by atoms with Crippen LogP contribution in [0.25, 0.3) is 0 Å². The largest absolute Gasteiger partial charge is 0.375 e. The van der Waals surface area contributed by atoms with Gasteiger partial charge in [-0.05, 0) is 39.2 Å². The van der Waals surface area contributed by atoms with Crippen LogP contribution >= 0.6 is 11.3 Å². The van der Waals surface area contributed by atoms with Crippen molar-refractivity contribution in [1.82, 2.24) is 10.3 Å². The van der Waals surface area contributed by atoms with Gasteiger partial charge in [-0.15, -0.1) is 0 Å². The zero-order valence-electron chi connectivity index (χ0n) is 12.6. The summed E-state index contributed by atoms with van der Waals surface area (Å²) in [6.45, 7) is 5.87. The summed E-state index contributed by atoms with van der Waals surface area (Å²) in [5.41, 5.74) is 7.33. The lowest BCUT2D eigenvalue weighted by atomic mass is 9.95. The summed E-state index contributed by atoms with van der Waals surface area (Å²) in [5.74, 6) is -0.0974. The third-order valence-electron chi connectivity index (χ3n) is 3.35. The van der Waals surface area contributed by atoms with Gasteiger partial charge < -0.3 is 11.1 Å². The lowest BCUT2D eigenvalue weighted by Gasteiger charge is -2.26. The lowest BCUT2D eigenvalue weighted by Crippen LogP contribution is -2.43. The Labute approximate surface area is 129 Å². The molecule has 1 amide bonds. The first-order valence-electron chi connectivity index (χ1n) is 6.97. The number of rotatable bonds is 5. The molecule has 0 atom stereocenters. The van der Waals surface area contributed by atoms with Gasteiger partial charge in [-0.1, -0.05) is 41.7 Å². The number of amides is 1. The maximum atomic E-state index is 12.3. The van der Waals surface area contributed by atoms with E-state index in [9.17, 15) is 4.79 Å². The number of nitrogens with one attached hydrogen (secondary N) is 1. The molecule has 4 nitrogen and oxygen atoms in total. The Morgan fingerprint density at radius 1 is 1.33 bits per heavy atom. The van der Waals surface area contributed by atoms with E-state index in [1.807, 2.05) is 32.0 Å². The Bertz CT molecular complexity index is 620. The van der Waals surface area contributed by atoms with Crippen molar-refractivity contribution in [3.05, 3.63) is 46.5 Å². The van der Waals surface area contributed by atoms with Gasteiger partial charge in [0, 0.05) is 5.54 Å². The van der Waals surface area contributed by atoms with Crippen molar-refractivity contribution < 1.29 is 4.79 Å². The molecule has 1 heterocycles. The average Bonchev–Trinajstić information content (AvgIpc) is 2.76. The summed E-state index contributed by atoms with van der Waals surface area (Å²) < 4.78 is 0. The third kappa shape index (κ3) is 4.29. The molecule has 0 aliphatic rings. The third-order valence-corrected chi connectivity index (χ3v) is 4.34. The number of hydrogen-bond donors (Lipinski definition) is 2. The molecule has 1 aromatic heterocycles. The second-order valence-corrected chi connectivity index (χ2v) is 6.82. The van der Waals surface area contributed by atoms with Crippen molar-refractivity contribution in [2.24, 2.45) is 0 Å². The number of aromatic nitrogens is 1. The van der Waals surface area contributed by atoms with Crippen molar-refractivity contribution in [1.29, 1.82) is 0 Å². The van der Waals surface area contributed by atoms with Crippen LogP contribution in [0.4, 0.5) is 5.13 Å². The van der Waals surface area contributed by atoms with Crippen molar-refractivity contribution in [2.45, 2.75) is 39.2 Å². The molecule has 0 spiro atoms. The molecular formula is C16H21N3OS. The summed E-state index contributed by atoms with van der Waals surface area (Å²) in [4.78, 5) is 17.0. The van der Waals surface area contributed by atoms with Gasteiger partial charge in [0.25, 0.3) is 5.91 Å². The quantitative estimate of drug-likeness (QED) is 0.891. The monoisotopic (exact) mass is 303 g/mol. The highest BCUT2D eigenvalue weighted by molar-refractivity contribution is 7.17. The average molecular weight is 303 g/mol. The highest BCUT2D eigenvalue weighted by atomic mass is 32.1. The van der Waals surface area contributed by atoms with E-state index >= 15 is 0 Å². The van der Waals surface area contributed by atoms with E-state index < -0.39 is 0 Å². The standard InChI is InChI=1S/C16H21N3OS/c1-11-13(21-15(17)18-11)14(20)19-16(2,3)10-9-12-7-5-4-6-8-12/h4-8H,9-10H2,1-3H3,(H2,17,18)(H,19,20). The number of nitrogens with two attached hydrogens (primary N) is 1. The van der Waals surface area contributed by atoms with Gasteiger partial charge >= 0.3 is 0 Å². The fraction of sp³-hybridized carbons (Fsp3) is 0.375. The number of anilines is 1. The van der Waals surface area contributed by atoms with Crippen LogP contribution in [0.15, 0.2) is 30.3 Å². The fourth-order valence-corrected chi connectivity index (χ4v) is 2.88. The number of carbonyl (C=O) groups excluding carboxylic acids is 1. The lowest BCUT2D eigenvalue weighted by molar-refractivity contribution is 0.0913. The van der Waals surface area contributed by atoms with Gasteiger partial charge in [-0.3, -0.25) is 4.79 Å². The van der Waals surface area contributed by atoms with Crippen molar-refractivity contribution >= 4 is 22.4 Å². The first-order valence-corrected chi connectivity index (χ1v) is 7.78. The topological polar surface area (TPSA) is 68.0 Å². The molecule has 0 aliphatic heterocycles. The Morgan fingerprint density at radius 3 is 2.57 bits per heavy atom. The Hall–Kier alpha value is -1.88. The van der Waals surface area contributed by atoms with Gasteiger partial charge in [0.15, 0.2) is 5.13 Å². The van der Waals surface area contributed by atoms with E-state index in [0.29, 0.717) is 15.7 Å². The van der Waals surface area contributed by atoms with E-state index in [0.717, 1.165) is 12.8 Å². The maximum absolute atomic E-state index is 12.3. The molecule has 3 N–H and O–H groups in total. The van der Waals surface area contributed by atoms with E-state index in [1.165, 1.54) is 16.9 Å². The van der Waals surface area contributed by atoms with E-state index in [1.54, 1.807) is 6.92 Å². The van der Waals surface area contributed by atoms with E-state index in [2.05, 4.69) is 22.4 Å². The number of hydrogen-bond acceptors (Lipinski definition) is 4. The van der Waals surface area contributed by atoms with Gasteiger partial charge in [0.2, 0.25) is 0 Å². The first kappa shape index (κ1) is 15.5. The van der Waals surface area contributed by atoms with Gasteiger partial charge in [0.05, 0.1) is 5.69 Å². The highest BCUT2D eigenvalue weighted by Crippen LogP contribution is 2.21. The maximum Gasteiger partial charge on any atom is 0.263 e. The molecule has 21 heavy (non-hydrogen) atoms. The number of benzene rings is 1. The highest BCUT2D eigenvalue weighted by Gasteiger charge is 2.23. The Balaban J connectivity index is 1.97. The van der Waals surface area contributed by atoms with Crippen molar-refractivity contribution in [3.63, 3.8) is 0 Å². The molecule has 2 aromatic rings. The molecule has 0 saturated heterocycles. The summed E-state index contributed by atoms with van der Waals surface area (Å²) in [5, 5.41) is 3.50. The number of carbonyl (C=O) groups is 1. The van der Waals surface area contributed by atoms with Gasteiger partial charge in [-0.25, -0.2) is 4.98 Å². The second kappa shape index (κ2) is 6.26. The number of thiazole rings is 1. The number of nitrogen functional groups attached to an aromatic ring is 1. The number of aryl methyl sites for hydroxylation is 2. The molecule has 5 heteroatoms. The molecule has 0 fully saturated rings. The fourth-order valence-electron chi connectivity index (χ4n) is 2.16. The molecule has 0 bridgehead atoms. The summed E-state index contributed by atoms with van der Waals surface area (Å²) in [6.07, 6.45) is 1.80. The smallest absolute Gasteiger partial charge is 0.263 e. The minimum Gasteiger partial charge on any atom is -0.375 e. The zero-order valence-corrected chi connectivity index (χ0v) is 13.5. The van der Waals surface area contributed by atoms with Crippen LogP contribution in [0, 0.1) is 6.92 Å². The Kier molecular flexibility index (Phi) is 4.63. The summed E-state index contributed by atoms with van der Waals surface area (Å²) >= 11 is 1.23. The van der Waals surface area contributed by atoms with Gasteiger partial charge in [0.1, 0.15) is 4.88 Å². The van der Waals surface area contributed by atoms with Crippen molar-refractivity contribution in [3.8, 4) is 0 Å². The van der Waals surface area contributed by atoms with Crippen LogP contribution in [0.2, 0.25) is 0 Å². The molecule has 112 valence electrons. The minimum atomic E-state index is -0.280. The second-order valence-electron chi connectivity index (χ2n) is 5.79.